The van der Waals surface area contributed by atoms with E-state index < -0.39 is 0 Å². The SMILES string of the molecule is COC(=O)CC1COc2cc(OCCCN=c3ccccn3O)ccc2C1. The Labute approximate surface area is 157 Å². The molecule has 3 rings (SSSR count). The highest BCUT2D eigenvalue weighted by atomic mass is 16.5. The number of pyridine rings is 1. The first kappa shape index (κ1) is 18.8. The maximum Gasteiger partial charge on any atom is 0.305 e. The second kappa shape index (κ2) is 9.12. The maximum atomic E-state index is 11.4. The number of aromatic nitrogens is 1. The first-order valence-electron chi connectivity index (χ1n) is 8.98. The van der Waals surface area contributed by atoms with Crippen LogP contribution in [0.5, 0.6) is 11.5 Å². The van der Waals surface area contributed by atoms with Gasteiger partial charge in [0.2, 0.25) is 0 Å². The molecule has 1 atom stereocenters. The van der Waals surface area contributed by atoms with Crippen LogP contribution < -0.4 is 15.0 Å². The van der Waals surface area contributed by atoms with Crippen molar-refractivity contribution in [3.63, 3.8) is 0 Å². The van der Waals surface area contributed by atoms with E-state index in [2.05, 4.69) is 4.99 Å². The van der Waals surface area contributed by atoms with E-state index in [-0.39, 0.29) is 11.9 Å². The lowest BCUT2D eigenvalue weighted by Crippen LogP contribution is -2.24. The van der Waals surface area contributed by atoms with Crippen LogP contribution in [0, 0.1) is 5.92 Å². The van der Waals surface area contributed by atoms with Crippen molar-refractivity contribution in [2.45, 2.75) is 19.3 Å². The van der Waals surface area contributed by atoms with Crippen LogP contribution in [0.2, 0.25) is 0 Å². The number of fused-ring (bicyclic) bond motifs is 1. The zero-order valence-corrected chi connectivity index (χ0v) is 15.3. The number of rotatable bonds is 7. The number of nitrogens with zero attached hydrogens (tertiary/aromatic N) is 2. The van der Waals surface area contributed by atoms with Gasteiger partial charge in [0, 0.05) is 31.1 Å². The quantitative estimate of drug-likeness (QED) is 0.458. The molecule has 0 bridgehead atoms. The minimum absolute atomic E-state index is 0.144. The Balaban J connectivity index is 1.48. The monoisotopic (exact) mass is 372 g/mol. The molecule has 1 aromatic heterocycles. The normalized spacial score (nSPS) is 16.3. The number of carbonyl (C=O) groups excluding carboxylic acids is 1. The Kier molecular flexibility index (Phi) is 6.35. The summed E-state index contributed by atoms with van der Waals surface area (Å²) in [7, 11) is 1.40. The van der Waals surface area contributed by atoms with Crippen LogP contribution in [0.3, 0.4) is 0 Å². The van der Waals surface area contributed by atoms with Crippen molar-refractivity contribution in [2.75, 3.05) is 26.9 Å². The van der Waals surface area contributed by atoms with E-state index in [9.17, 15) is 10.0 Å². The summed E-state index contributed by atoms with van der Waals surface area (Å²) >= 11 is 0. The van der Waals surface area contributed by atoms with E-state index in [0.29, 0.717) is 31.7 Å². The van der Waals surface area contributed by atoms with E-state index >= 15 is 0 Å². The van der Waals surface area contributed by atoms with Crippen LogP contribution in [-0.2, 0) is 16.0 Å². The van der Waals surface area contributed by atoms with Gasteiger partial charge < -0.3 is 19.4 Å². The van der Waals surface area contributed by atoms with Gasteiger partial charge in [-0.3, -0.25) is 9.79 Å². The molecule has 27 heavy (non-hydrogen) atoms. The summed E-state index contributed by atoms with van der Waals surface area (Å²) in [6.45, 7) is 1.58. The zero-order chi connectivity index (χ0) is 19.1. The zero-order valence-electron chi connectivity index (χ0n) is 15.3. The van der Waals surface area contributed by atoms with Crippen molar-refractivity contribution in [1.29, 1.82) is 0 Å². The van der Waals surface area contributed by atoms with E-state index in [1.807, 2.05) is 24.3 Å². The molecule has 1 aliphatic heterocycles. The molecule has 1 aliphatic rings. The lowest BCUT2D eigenvalue weighted by molar-refractivity contribution is -0.142. The summed E-state index contributed by atoms with van der Waals surface area (Å²) < 4.78 is 17.3. The number of esters is 1. The summed E-state index contributed by atoms with van der Waals surface area (Å²) in [4.78, 5) is 15.7. The Morgan fingerprint density at radius 1 is 1.37 bits per heavy atom. The molecule has 1 aromatic carbocycles. The number of methoxy groups -OCH3 is 1. The minimum atomic E-state index is -0.209. The molecule has 0 radical (unpaired) electrons. The van der Waals surface area contributed by atoms with Gasteiger partial charge in [0.15, 0.2) is 5.49 Å². The van der Waals surface area contributed by atoms with E-state index in [1.54, 1.807) is 12.1 Å². The molecule has 0 saturated heterocycles. The molecule has 0 spiro atoms. The van der Waals surface area contributed by atoms with Crippen LogP contribution in [0.15, 0.2) is 47.6 Å². The molecule has 7 nitrogen and oxygen atoms in total. The van der Waals surface area contributed by atoms with Gasteiger partial charge in [-0.25, -0.2) is 0 Å². The molecule has 144 valence electrons. The molecule has 7 heteroatoms. The summed E-state index contributed by atoms with van der Waals surface area (Å²) in [6.07, 6.45) is 3.43. The Hall–Kier alpha value is -2.96. The third-order valence-corrected chi connectivity index (χ3v) is 4.37. The number of benzene rings is 1. The van der Waals surface area contributed by atoms with Gasteiger partial charge in [-0.15, -0.1) is 0 Å². The number of carbonyl (C=O) groups is 1. The minimum Gasteiger partial charge on any atom is -0.493 e. The molecule has 0 saturated carbocycles. The van der Waals surface area contributed by atoms with Crippen molar-refractivity contribution >= 4 is 5.97 Å². The Morgan fingerprint density at radius 3 is 3.07 bits per heavy atom. The number of ether oxygens (including phenoxy) is 3. The van der Waals surface area contributed by atoms with Crippen LogP contribution in [-0.4, -0.2) is 42.8 Å². The van der Waals surface area contributed by atoms with E-state index in [4.69, 9.17) is 14.2 Å². The molecule has 0 fully saturated rings. The highest BCUT2D eigenvalue weighted by molar-refractivity contribution is 5.69. The first-order valence-corrected chi connectivity index (χ1v) is 8.98. The first-order chi connectivity index (χ1) is 13.2. The van der Waals surface area contributed by atoms with Crippen LogP contribution in [0.4, 0.5) is 0 Å². The van der Waals surface area contributed by atoms with Gasteiger partial charge in [0.05, 0.1) is 26.7 Å². The third-order valence-electron chi connectivity index (χ3n) is 4.37. The molecular weight excluding hydrogens is 348 g/mol. The highest BCUT2D eigenvalue weighted by Gasteiger charge is 2.23. The largest absolute Gasteiger partial charge is 0.493 e. The lowest BCUT2D eigenvalue weighted by Gasteiger charge is -2.25. The standard InChI is InChI=1S/C20H24N2O5/c1-25-20(23)12-15-11-16-6-7-17(13-18(16)27-14-15)26-10-4-8-21-19-5-2-3-9-22(19)24/h2-3,5-7,9,13,15,24H,4,8,10-12,14H2,1H3. The predicted molar refractivity (Wildman–Crippen MR) is 97.9 cm³/mol. The summed E-state index contributed by atoms with van der Waals surface area (Å²) in [5.41, 5.74) is 1.59. The molecule has 2 heterocycles. The highest BCUT2D eigenvalue weighted by Crippen LogP contribution is 2.32. The van der Waals surface area contributed by atoms with E-state index in [1.165, 1.54) is 13.3 Å². The van der Waals surface area contributed by atoms with Crippen molar-refractivity contribution < 1.29 is 24.2 Å². The fourth-order valence-corrected chi connectivity index (χ4v) is 2.95. The molecule has 1 N–H and O–H groups in total. The van der Waals surface area contributed by atoms with Crippen molar-refractivity contribution in [2.24, 2.45) is 10.9 Å². The second-order valence-electron chi connectivity index (χ2n) is 6.42. The number of hydrogen-bond acceptors (Lipinski definition) is 6. The molecule has 2 aromatic rings. The number of hydrogen-bond donors (Lipinski definition) is 1. The van der Waals surface area contributed by atoms with Gasteiger partial charge in [-0.2, -0.15) is 4.73 Å². The van der Waals surface area contributed by atoms with Crippen LogP contribution >= 0.6 is 0 Å². The van der Waals surface area contributed by atoms with Crippen LogP contribution in [0.25, 0.3) is 0 Å². The van der Waals surface area contributed by atoms with Crippen molar-refractivity contribution in [3.05, 3.63) is 53.6 Å². The molecule has 1 unspecified atom stereocenters. The fourth-order valence-electron chi connectivity index (χ4n) is 2.95. The summed E-state index contributed by atoms with van der Waals surface area (Å²) in [6, 6.07) is 11.1. The van der Waals surface area contributed by atoms with Gasteiger partial charge in [0.1, 0.15) is 11.5 Å². The average molecular weight is 372 g/mol. The van der Waals surface area contributed by atoms with Gasteiger partial charge in [-0.05, 0) is 30.2 Å². The average Bonchev–Trinajstić information content (AvgIpc) is 2.69. The van der Waals surface area contributed by atoms with Gasteiger partial charge >= 0.3 is 5.97 Å². The van der Waals surface area contributed by atoms with Crippen molar-refractivity contribution in [3.8, 4) is 11.5 Å². The second-order valence-corrected chi connectivity index (χ2v) is 6.42. The molecule has 0 amide bonds. The predicted octanol–water partition coefficient (Wildman–Crippen LogP) is 2.21. The summed E-state index contributed by atoms with van der Waals surface area (Å²) in [5.74, 6) is 1.49. The molecular formula is C20H24N2O5. The lowest BCUT2D eigenvalue weighted by atomic mass is 9.94. The van der Waals surface area contributed by atoms with Crippen molar-refractivity contribution in [1.82, 2.24) is 4.73 Å². The molecule has 0 aliphatic carbocycles. The van der Waals surface area contributed by atoms with Crippen LogP contribution in [0.1, 0.15) is 18.4 Å². The summed E-state index contributed by atoms with van der Waals surface area (Å²) in [5, 5.41) is 9.59. The van der Waals surface area contributed by atoms with E-state index in [0.717, 1.165) is 34.6 Å². The maximum absolute atomic E-state index is 11.4. The topological polar surface area (TPSA) is 82.3 Å². The van der Waals surface area contributed by atoms with Gasteiger partial charge in [0.25, 0.3) is 0 Å². The Bertz CT molecular complexity index is 846. The van der Waals surface area contributed by atoms with Gasteiger partial charge in [-0.1, -0.05) is 12.1 Å². The smallest absolute Gasteiger partial charge is 0.305 e. The third kappa shape index (κ3) is 5.26. The Morgan fingerprint density at radius 2 is 2.26 bits per heavy atom. The fraction of sp³-hybridized carbons (Fsp3) is 0.400.